The first-order valence-electron chi connectivity index (χ1n) is 11.3. The van der Waals surface area contributed by atoms with Crippen LogP contribution in [0.4, 0.5) is 0 Å². The van der Waals surface area contributed by atoms with Gasteiger partial charge in [-0.1, -0.05) is 54.1 Å². The third-order valence-electron chi connectivity index (χ3n) is 5.75. The van der Waals surface area contributed by atoms with Crippen LogP contribution in [0.1, 0.15) is 27.5 Å². The van der Waals surface area contributed by atoms with E-state index < -0.39 is 0 Å². The molecule has 0 bridgehead atoms. The monoisotopic (exact) mass is 494 g/mol. The van der Waals surface area contributed by atoms with Gasteiger partial charge in [-0.15, -0.1) is 0 Å². The van der Waals surface area contributed by atoms with Crippen LogP contribution in [0.25, 0.3) is 0 Å². The van der Waals surface area contributed by atoms with Crippen molar-refractivity contribution in [1.29, 1.82) is 0 Å². The average Bonchev–Trinajstić information content (AvgIpc) is 2.91. The molecule has 1 fully saturated rings. The molecule has 0 radical (unpaired) electrons. The summed E-state index contributed by atoms with van der Waals surface area (Å²) in [6.45, 7) is 2.04. The largest absolute Gasteiger partial charge is 0.493 e. The van der Waals surface area contributed by atoms with Crippen LogP contribution in [0.3, 0.4) is 0 Å². The Bertz CT molecular complexity index is 1150. The molecule has 7 nitrogen and oxygen atoms in total. The molecule has 0 aromatic heterocycles. The number of amides is 2. The third-order valence-corrected chi connectivity index (χ3v) is 6.00. The zero-order valence-electron chi connectivity index (χ0n) is 19.4. The molecular weight excluding hydrogens is 468 g/mol. The Morgan fingerprint density at radius 3 is 2.34 bits per heavy atom. The van der Waals surface area contributed by atoms with E-state index in [2.05, 4.69) is 5.32 Å². The molecule has 0 saturated carbocycles. The van der Waals surface area contributed by atoms with Crippen molar-refractivity contribution in [3.8, 4) is 11.5 Å². The highest BCUT2D eigenvalue weighted by atomic mass is 35.5. The topological polar surface area (TPSA) is 77.1 Å². The van der Waals surface area contributed by atoms with Gasteiger partial charge in [0.25, 0.3) is 11.8 Å². The molecule has 4 rings (SSSR count). The Hall–Kier alpha value is -3.55. The van der Waals surface area contributed by atoms with Crippen LogP contribution in [-0.2, 0) is 9.53 Å². The minimum Gasteiger partial charge on any atom is -0.493 e. The van der Waals surface area contributed by atoms with E-state index in [1.807, 2.05) is 42.5 Å². The van der Waals surface area contributed by atoms with Crippen LogP contribution < -0.4 is 14.8 Å². The van der Waals surface area contributed by atoms with Crippen LogP contribution in [0.2, 0.25) is 5.02 Å². The van der Waals surface area contributed by atoms with Crippen molar-refractivity contribution in [1.82, 2.24) is 10.2 Å². The summed E-state index contributed by atoms with van der Waals surface area (Å²) in [5.41, 5.74) is 2.25. The van der Waals surface area contributed by atoms with Crippen molar-refractivity contribution in [2.75, 3.05) is 40.0 Å². The zero-order chi connectivity index (χ0) is 24.6. The number of halogens is 1. The van der Waals surface area contributed by atoms with E-state index in [1.54, 1.807) is 35.2 Å². The van der Waals surface area contributed by atoms with Crippen molar-refractivity contribution in [3.05, 3.63) is 94.5 Å². The fraction of sp³-hybridized carbons (Fsp3) is 0.259. The number of carbonyl (C=O) groups excluding carboxylic acids is 2. The number of nitrogens with one attached hydrogen (secondary N) is 1. The molecule has 0 unspecified atom stereocenters. The summed E-state index contributed by atoms with van der Waals surface area (Å²) >= 11 is 6.06. The fourth-order valence-electron chi connectivity index (χ4n) is 3.85. The second kappa shape index (κ2) is 11.7. The summed E-state index contributed by atoms with van der Waals surface area (Å²) in [7, 11) is 1.49. The molecule has 1 saturated heterocycles. The maximum Gasteiger partial charge on any atom is 0.260 e. The molecule has 0 aliphatic carbocycles. The quantitative estimate of drug-likeness (QED) is 0.510. The minimum atomic E-state index is -0.367. The maximum absolute atomic E-state index is 13.2. The molecule has 182 valence electrons. The maximum atomic E-state index is 13.2. The van der Waals surface area contributed by atoms with Gasteiger partial charge in [-0.05, 0) is 41.5 Å². The fourth-order valence-corrected chi connectivity index (χ4v) is 3.97. The first kappa shape index (κ1) is 24.6. The first-order valence-corrected chi connectivity index (χ1v) is 11.7. The van der Waals surface area contributed by atoms with Crippen molar-refractivity contribution in [3.63, 3.8) is 0 Å². The predicted molar refractivity (Wildman–Crippen MR) is 133 cm³/mol. The van der Waals surface area contributed by atoms with E-state index in [0.29, 0.717) is 48.4 Å². The van der Waals surface area contributed by atoms with E-state index in [0.717, 1.165) is 11.1 Å². The summed E-state index contributed by atoms with van der Waals surface area (Å²) in [5.74, 6) is 0.368. The number of carbonyl (C=O) groups is 2. The zero-order valence-corrected chi connectivity index (χ0v) is 20.2. The van der Waals surface area contributed by atoms with Gasteiger partial charge < -0.3 is 24.4 Å². The lowest BCUT2D eigenvalue weighted by Gasteiger charge is -2.26. The van der Waals surface area contributed by atoms with E-state index in [9.17, 15) is 9.59 Å². The van der Waals surface area contributed by atoms with E-state index in [1.165, 1.54) is 7.11 Å². The lowest BCUT2D eigenvalue weighted by molar-refractivity contribution is -0.137. The summed E-state index contributed by atoms with van der Waals surface area (Å²) in [6, 6.07) is 21.6. The van der Waals surface area contributed by atoms with Gasteiger partial charge >= 0.3 is 0 Å². The molecular formula is C27H27ClN2O5. The van der Waals surface area contributed by atoms with E-state index in [-0.39, 0.29) is 24.5 Å². The van der Waals surface area contributed by atoms with Crippen LogP contribution in [0.5, 0.6) is 11.5 Å². The second-order valence-corrected chi connectivity index (χ2v) is 8.45. The summed E-state index contributed by atoms with van der Waals surface area (Å²) in [4.78, 5) is 27.3. The normalized spacial score (nSPS) is 14.2. The highest BCUT2D eigenvalue weighted by molar-refractivity contribution is 6.30. The van der Waals surface area contributed by atoms with Crippen molar-refractivity contribution >= 4 is 23.4 Å². The molecule has 3 aromatic rings. The van der Waals surface area contributed by atoms with Gasteiger partial charge in [0.15, 0.2) is 18.1 Å². The molecule has 8 heteroatoms. The van der Waals surface area contributed by atoms with Crippen LogP contribution >= 0.6 is 11.6 Å². The number of benzene rings is 3. The Balaban J connectivity index is 1.48. The number of methoxy groups -OCH3 is 1. The number of ether oxygens (including phenoxy) is 3. The van der Waals surface area contributed by atoms with E-state index >= 15 is 0 Å². The van der Waals surface area contributed by atoms with Crippen molar-refractivity contribution < 1.29 is 23.8 Å². The smallest absolute Gasteiger partial charge is 0.260 e. The van der Waals surface area contributed by atoms with Gasteiger partial charge in [-0.2, -0.15) is 0 Å². The molecule has 1 aliphatic rings. The SMILES string of the molecule is COc1cc(C(=O)N[C@H](c2ccccc2)c2ccc(Cl)cc2)ccc1OCC(=O)N1CCOCC1. The van der Waals surface area contributed by atoms with Crippen LogP contribution in [0, 0.1) is 0 Å². The Morgan fingerprint density at radius 2 is 1.66 bits per heavy atom. The molecule has 1 atom stereocenters. The Labute approximate surface area is 209 Å². The molecule has 2 amide bonds. The van der Waals surface area contributed by atoms with Crippen LogP contribution in [0.15, 0.2) is 72.8 Å². The third kappa shape index (κ3) is 6.32. The van der Waals surface area contributed by atoms with Gasteiger partial charge in [-0.3, -0.25) is 9.59 Å². The molecule has 1 heterocycles. The van der Waals surface area contributed by atoms with Crippen molar-refractivity contribution in [2.24, 2.45) is 0 Å². The number of nitrogens with zero attached hydrogens (tertiary/aromatic N) is 1. The standard InChI is InChI=1S/C27H27ClN2O5/c1-33-24-17-21(9-12-23(24)35-18-25(31)30-13-15-34-16-14-30)27(32)29-26(19-5-3-2-4-6-19)20-7-10-22(28)11-8-20/h2-12,17,26H,13-16,18H2,1H3,(H,29,32)/t26-/m1/s1. The summed E-state index contributed by atoms with van der Waals surface area (Å²) in [6.07, 6.45) is 0. The summed E-state index contributed by atoms with van der Waals surface area (Å²) < 4.78 is 16.4. The number of hydrogen-bond acceptors (Lipinski definition) is 5. The number of hydrogen-bond donors (Lipinski definition) is 1. The molecule has 1 N–H and O–H groups in total. The Morgan fingerprint density at radius 1 is 0.971 bits per heavy atom. The lowest BCUT2D eigenvalue weighted by Crippen LogP contribution is -2.43. The van der Waals surface area contributed by atoms with Gasteiger partial charge in [0, 0.05) is 23.7 Å². The van der Waals surface area contributed by atoms with Crippen LogP contribution in [-0.4, -0.2) is 56.7 Å². The second-order valence-electron chi connectivity index (χ2n) is 8.02. The van der Waals surface area contributed by atoms with Gasteiger partial charge in [-0.25, -0.2) is 0 Å². The highest BCUT2D eigenvalue weighted by Gasteiger charge is 2.21. The molecule has 0 spiro atoms. The first-order chi connectivity index (χ1) is 17.0. The minimum absolute atomic E-state index is 0.117. The number of morpholine rings is 1. The molecule has 3 aromatic carbocycles. The molecule has 35 heavy (non-hydrogen) atoms. The van der Waals surface area contributed by atoms with Crippen molar-refractivity contribution in [2.45, 2.75) is 6.04 Å². The Kier molecular flexibility index (Phi) is 8.23. The van der Waals surface area contributed by atoms with Gasteiger partial charge in [0.2, 0.25) is 0 Å². The lowest BCUT2D eigenvalue weighted by atomic mass is 9.98. The van der Waals surface area contributed by atoms with Gasteiger partial charge in [0.05, 0.1) is 26.4 Å². The molecule has 1 aliphatic heterocycles. The highest BCUT2D eigenvalue weighted by Crippen LogP contribution is 2.29. The van der Waals surface area contributed by atoms with E-state index in [4.69, 9.17) is 25.8 Å². The number of rotatable bonds is 8. The average molecular weight is 495 g/mol. The predicted octanol–water partition coefficient (Wildman–Crippen LogP) is 4.11. The summed E-state index contributed by atoms with van der Waals surface area (Å²) in [5, 5.41) is 3.72. The van der Waals surface area contributed by atoms with Gasteiger partial charge in [0.1, 0.15) is 0 Å².